The fraction of sp³-hybridized carbons (Fsp3) is 0.414. The van der Waals surface area contributed by atoms with E-state index in [4.69, 9.17) is 25.8 Å². The predicted molar refractivity (Wildman–Crippen MR) is 141 cm³/mol. The van der Waals surface area contributed by atoms with Gasteiger partial charge in [-0.1, -0.05) is 31.0 Å². The molecule has 1 aromatic heterocycles. The lowest BCUT2D eigenvalue weighted by atomic mass is 9.81. The number of quaternary nitrogens is 1. The summed E-state index contributed by atoms with van der Waals surface area (Å²) in [5.41, 5.74) is 2.71. The lowest BCUT2D eigenvalue weighted by Crippen LogP contribution is -2.57. The van der Waals surface area contributed by atoms with Crippen LogP contribution in [0.4, 0.5) is 0 Å². The Balaban J connectivity index is 1.51. The molecule has 1 fully saturated rings. The molecule has 2 aromatic carbocycles. The molecule has 4 atom stereocenters. The van der Waals surface area contributed by atoms with E-state index in [0.29, 0.717) is 40.2 Å². The number of halogens is 1. The molecular weight excluding hydrogens is 476 g/mol. The Bertz CT molecular complexity index is 1270. The Morgan fingerprint density at radius 3 is 2.81 bits per heavy atom. The molecule has 0 aliphatic carbocycles. The van der Waals surface area contributed by atoms with Gasteiger partial charge in [-0.05, 0) is 41.8 Å². The van der Waals surface area contributed by atoms with E-state index >= 15 is 0 Å². The van der Waals surface area contributed by atoms with Crippen molar-refractivity contribution in [3.8, 4) is 17.2 Å². The molecule has 0 amide bonds. The van der Waals surface area contributed by atoms with Crippen LogP contribution in [0.25, 0.3) is 10.9 Å². The lowest BCUT2D eigenvalue weighted by molar-refractivity contribution is -0.952. The number of aromatic nitrogens is 1. The minimum Gasteiger partial charge on any atom is -0.497 e. The van der Waals surface area contributed by atoms with E-state index < -0.39 is 6.10 Å². The first-order valence-corrected chi connectivity index (χ1v) is 13.0. The summed E-state index contributed by atoms with van der Waals surface area (Å²) in [6.07, 6.45) is 5.38. The smallest absolute Gasteiger partial charge is 0.231 e. The van der Waals surface area contributed by atoms with Gasteiger partial charge in [-0.25, -0.2) is 0 Å². The maximum absolute atomic E-state index is 11.7. The van der Waals surface area contributed by atoms with E-state index in [1.54, 1.807) is 13.3 Å². The molecule has 6 nitrogen and oxygen atoms in total. The number of hydrogen-bond acceptors (Lipinski definition) is 5. The average Bonchev–Trinajstić information content (AvgIpc) is 3.35. The molecule has 5 rings (SSSR count). The van der Waals surface area contributed by atoms with Gasteiger partial charge in [0.1, 0.15) is 24.9 Å². The zero-order valence-corrected chi connectivity index (χ0v) is 21.7. The minimum absolute atomic E-state index is 0.211. The number of ether oxygens (including phenoxy) is 3. The van der Waals surface area contributed by atoms with Crippen molar-refractivity contribution in [3.63, 3.8) is 0 Å². The quantitative estimate of drug-likeness (QED) is 0.302. The standard InChI is InChI=1S/C29H34ClN2O4/c1-4-19-9-11-32(15-20(19)5-2,16-21-12-28-29(14-25(21)30)36-18-35-28)17-27(33)23-8-10-31-26-7-6-22(34-3)13-24(23)26/h5-8,10,12-14,19-20,27,33H,2,4,9,11,15-18H2,1,3H3/q+1/t19?,20?,27-,32?/m0/s1. The van der Waals surface area contributed by atoms with Crippen molar-refractivity contribution in [2.24, 2.45) is 11.8 Å². The third-order valence-electron chi connectivity index (χ3n) is 7.95. The summed E-state index contributed by atoms with van der Waals surface area (Å²) < 4.78 is 17.3. The summed E-state index contributed by atoms with van der Waals surface area (Å²) in [5, 5.41) is 13.3. The van der Waals surface area contributed by atoms with Gasteiger partial charge in [0.05, 0.1) is 30.7 Å². The number of aliphatic hydroxyl groups is 1. The topological polar surface area (TPSA) is 60.8 Å². The first kappa shape index (κ1) is 24.9. The number of nitrogens with zero attached hydrogens (tertiary/aromatic N) is 2. The third-order valence-corrected chi connectivity index (χ3v) is 8.31. The fourth-order valence-corrected chi connectivity index (χ4v) is 6.17. The highest BCUT2D eigenvalue weighted by Gasteiger charge is 2.41. The van der Waals surface area contributed by atoms with Gasteiger partial charge in [0, 0.05) is 35.6 Å². The van der Waals surface area contributed by atoms with Crippen LogP contribution >= 0.6 is 11.6 Å². The Morgan fingerprint density at radius 2 is 2.06 bits per heavy atom. The maximum Gasteiger partial charge on any atom is 0.231 e. The zero-order valence-electron chi connectivity index (χ0n) is 21.0. The molecule has 3 heterocycles. The van der Waals surface area contributed by atoms with Crippen molar-refractivity contribution in [1.82, 2.24) is 4.98 Å². The van der Waals surface area contributed by atoms with Crippen molar-refractivity contribution in [2.45, 2.75) is 32.4 Å². The number of rotatable bonds is 8. The van der Waals surface area contributed by atoms with E-state index in [0.717, 1.165) is 59.5 Å². The van der Waals surface area contributed by atoms with Gasteiger partial charge in [0.25, 0.3) is 0 Å². The zero-order chi connectivity index (χ0) is 25.3. The number of likely N-dealkylation sites (tertiary alicyclic amines) is 1. The monoisotopic (exact) mass is 509 g/mol. The molecule has 0 bridgehead atoms. The second kappa shape index (κ2) is 10.3. The Labute approximate surface area is 217 Å². The second-order valence-electron chi connectivity index (χ2n) is 10.0. The Morgan fingerprint density at radius 1 is 1.25 bits per heavy atom. The van der Waals surface area contributed by atoms with Gasteiger partial charge < -0.3 is 23.8 Å². The molecule has 0 radical (unpaired) electrons. The molecule has 0 saturated carbocycles. The molecular formula is C29H34ClN2O4+. The molecule has 0 spiro atoms. The first-order valence-electron chi connectivity index (χ1n) is 12.6. The number of aliphatic hydroxyl groups excluding tert-OH is 1. The summed E-state index contributed by atoms with van der Waals surface area (Å²) in [6.45, 7) is 9.73. The summed E-state index contributed by atoms with van der Waals surface area (Å²) >= 11 is 6.73. The van der Waals surface area contributed by atoms with Crippen LogP contribution in [0, 0.1) is 11.8 Å². The molecule has 2 aliphatic rings. The molecule has 1 N–H and O–H groups in total. The van der Waals surface area contributed by atoms with Crippen LogP contribution < -0.4 is 14.2 Å². The van der Waals surface area contributed by atoms with Crippen LogP contribution in [0.2, 0.25) is 5.02 Å². The van der Waals surface area contributed by atoms with Crippen molar-refractivity contribution >= 4 is 22.5 Å². The van der Waals surface area contributed by atoms with Crippen LogP contribution in [-0.2, 0) is 6.54 Å². The van der Waals surface area contributed by atoms with Gasteiger partial charge in [-0.2, -0.15) is 0 Å². The number of hydrogen-bond donors (Lipinski definition) is 1. The van der Waals surface area contributed by atoms with Gasteiger partial charge >= 0.3 is 0 Å². The van der Waals surface area contributed by atoms with Crippen LogP contribution in [0.3, 0.4) is 0 Å². The van der Waals surface area contributed by atoms with Crippen LogP contribution in [0.1, 0.15) is 37.0 Å². The maximum atomic E-state index is 11.7. The Kier molecular flexibility index (Phi) is 7.11. The minimum atomic E-state index is -0.681. The van der Waals surface area contributed by atoms with E-state index in [2.05, 4.69) is 24.6 Å². The summed E-state index contributed by atoms with van der Waals surface area (Å²) in [5.74, 6) is 3.13. The average molecular weight is 510 g/mol. The summed E-state index contributed by atoms with van der Waals surface area (Å²) in [4.78, 5) is 4.49. The highest BCUT2D eigenvalue weighted by atomic mass is 35.5. The van der Waals surface area contributed by atoms with Crippen LogP contribution in [0.15, 0.2) is 55.3 Å². The number of fused-ring (bicyclic) bond motifs is 2. The number of pyridine rings is 1. The van der Waals surface area contributed by atoms with Gasteiger partial charge in [-0.3, -0.25) is 4.98 Å². The highest BCUT2D eigenvalue weighted by molar-refractivity contribution is 6.31. The van der Waals surface area contributed by atoms with E-state index in [-0.39, 0.29) is 6.79 Å². The predicted octanol–water partition coefficient (Wildman–Crippen LogP) is 5.91. The molecule has 3 unspecified atom stereocenters. The molecule has 1 saturated heterocycles. The SMILES string of the molecule is C=CC1C[N+](Cc2cc3c(cc2Cl)OCO3)(C[C@H](O)c2ccnc3ccc(OC)cc23)CCC1CC. The number of benzene rings is 2. The van der Waals surface area contributed by atoms with Gasteiger partial charge in [0.15, 0.2) is 11.5 Å². The largest absolute Gasteiger partial charge is 0.497 e. The van der Waals surface area contributed by atoms with E-state index in [1.165, 1.54) is 0 Å². The van der Waals surface area contributed by atoms with E-state index in [1.807, 2.05) is 36.4 Å². The highest BCUT2D eigenvalue weighted by Crippen LogP contribution is 2.41. The number of piperidine rings is 1. The lowest BCUT2D eigenvalue weighted by Gasteiger charge is -2.48. The number of methoxy groups -OCH3 is 1. The van der Waals surface area contributed by atoms with Crippen LogP contribution in [0.5, 0.6) is 17.2 Å². The third kappa shape index (κ3) is 4.77. The van der Waals surface area contributed by atoms with E-state index in [9.17, 15) is 5.11 Å². The molecule has 2 aliphatic heterocycles. The van der Waals surface area contributed by atoms with Crippen molar-refractivity contribution < 1.29 is 23.8 Å². The van der Waals surface area contributed by atoms with Crippen molar-refractivity contribution in [1.29, 1.82) is 0 Å². The fourth-order valence-electron chi connectivity index (χ4n) is 5.96. The molecule has 190 valence electrons. The molecule has 36 heavy (non-hydrogen) atoms. The Hall–Kier alpha value is -2.80. The molecule has 7 heteroatoms. The van der Waals surface area contributed by atoms with Crippen LogP contribution in [-0.4, -0.2) is 48.1 Å². The van der Waals surface area contributed by atoms with Gasteiger partial charge in [0.2, 0.25) is 6.79 Å². The normalized spacial score (nSPS) is 24.0. The summed E-state index contributed by atoms with van der Waals surface area (Å²) in [7, 11) is 1.65. The molecule has 3 aromatic rings. The second-order valence-corrected chi connectivity index (χ2v) is 10.4. The summed E-state index contributed by atoms with van der Waals surface area (Å²) in [6, 6.07) is 11.5. The van der Waals surface area contributed by atoms with Crippen molar-refractivity contribution in [3.05, 3.63) is 71.4 Å². The van der Waals surface area contributed by atoms with Crippen molar-refractivity contribution in [2.75, 3.05) is 33.5 Å². The first-order chi connectivity index (χ1) is 17.4. The van der Waals surface area contributed by atoms with Gasteiger partial charge in [-0.15, -0.1) is 6.58 Å².